The zero-order valence-corrected chi connectivity index (χ0v) is 19.7. The summed E-state index contributed by atoms with van der Waals surface area (Å²) < 4.78 is 1.15. The molecule has 3 aromatic carbocycles. The molecule has 0 radical (unpaired) electrons. The van der Waals surface area contributed by atoms with Gasteiger partial charge < -0.3 is 0 Å². The van der Waals surface area contributed by atoms with E-state index in [4.69, 9.17) is 0 Å². The van der Waals surface area contributed by atoms with Crippen LogP contribution < -0.4 is 0 Å². The SMILES string of the molecule is CC(C)Cc1ccc(C(Cc2cccc(Br)c2)c2ccc(CC(C)C)cc2)cc1. The predicted molar refractivity (Wildman–Crippen MR) is 130 cm³/mol. The van der Waals surface area contributed by atoms with E-state index in [0.29, 0.717) is 17.8 Å². The monoisotopic (exact) mass is 448 g/mol. The number of hydrogen-bond acceptors (Lipinski definition) is 0. The molecule has 3 aromatic rings. The Balaban J connectivity index is 1.91. The summed E-state index contributed by atoms with van der Waals surface area (Å²) in [4.78, 5) is 0. The summed E-state index contributed by atoms with van der Waals surface area (Å²) in [6.45, 7) is 9.12. The third-order valence-corrected chi connectivity index (χ3v) is 5.87. The Morgan fingerprint density at radius 2 is 1.07 bits per heavy atom. The molecule has 152 valence electrons. The van der Waals surface area contributed by atoms with Gasteiger partial charge in [-0.25, -0.2) is 0 Å². The van der Waals surface area contributed by atoms with Crippen molar-refractivity contribution in [2.75, 3.05) is 0 Å². The van der Waals surface area contributed by atoms with Crippen LogP contribution in [0.1, 0.15) is 61.4 Å². The van der Waals surface area contributed by atoms with Crippen LogP contribution in [0, 0.1) is 11.8 Å². The summed E-state index contributed by atoms with van der Waals surface area (Å²) in [5, 5.41) is 0. The summed E-state index contributed by atoms with van der Waals surface area (Å²) in [5.74, 6) is 1.74. The predicted octanol–water partition coefficient (Wildman–Crippen LogP) is 8.22. The van der Waals surface area contributed by atoms with Crippen molar-refractivity contribution in [1.29, 1.82) is 0 Å². The second-order valence-electron chi connectivity index (χ2n) is 9.07. The van der Waals surface area contributed by atoms with Crippen LogP contribution in [0.5, 0.6) is 0 Å². The average molecular weight is 449 g/mol. The highest BCUT2D eigenvalue weighted by atomic mass is 79.9. The molecule has 0 amide bonds. The first-order valence-electron chi connectivity index (χ1n) is 10.8. The van der Waals surface area contributed by atoms with Crippen molar-refractivity contribution in [3.8, 4) is 0 Å². The number of rotatable bonds is 8. The third kappa shape index (κ3) is 6.57. The van der Waals surface area contributed by atoms with E-state index in [1.165, 1.54) is 27.8 Å². The lowest BCUT2D eigenvalue weighted by Gasteiger charge is -2.20. The van der Waals surface area contributed by atoms with Gasteiger partial charge in [-0.1, -0.05) is 104 Å². The van der Waals surface area contributed by atoms with Gasteiger partial charge in [-0.05, 0) is 71.0 Å². The first kappa shape index (κ1) is 21.8. The van der Waals surface area contributed by atoms with Crippen LogP contribution >= 0.6 is 15.9 Å². The van der Waals surface area contributed by atoms with E-state index in [-0.39, 0.29) is 0 Å². The van der Waals surface area contributed by atoms with Crippen molar-refractivity contribution >= 4 is 15.9 Å². The lowest BCUT2D eigenvalue weighted by molar-refractivity contribution is 0.646. The molecule has 0 aliphatic heterocycles. The number of hydrogen-bond donors (Lipinski definition) is 0. The van der Waals surface area contributed by atoms with E-state index in [0.717, 1.165) is 23.7 Å². The first-order valence-corrected chi connectivity index (χ1v) is 11.6. The van der Waals surface area contributed by atoms with Crippen molar-refractivity contribution in [2.45, 2.75) is 52.9 Å². The van der Waals surface area contributed by atoms with Crippen LogP contribution in [-0.4, -0.2) is 0 Å². The molecule has 0 heterocycles. The van der Waals surface area contributed by atoms with Gasteiger partial charge in [0.2, 0.25) is 0 Å². The molecule has 0 spiro atoms. The normalized spacial score (nSPS) is 11.6. The fraction of sp³-hybridized carbons (Fsp3) is 0.357. The van der Waals surface area contributed by atoms with Crippen LogP contribution in [0.25, 0.3) is 0 Å². The first-order chi connectivity index (χ1) is 13.9. The molecule has 0 aromatic heterocycles. The zero-order valence-electron chi connectivity index (χ0n) is 18.2. The van der Waals surface area contributed by atoms with Crippen LogP contribution in [0.2, 0.25) is 0 Å². The van der Waals surface area contributed by atoms with E-state index in [2.05, 4.69) is 116 Å². The van der Waals surface area contributed by atoms with Gasteiger partial charge in [-0.3, -0.25) is 0 Å². The van der Waals surface area contributed by atoms with Gasteiger partial charge in [0, 0.05) is 10.4 Å². The molecule has 0 saturated heterocycles. The topological polar surface area (TPSA) is 0 Å². The molecule has 0 nitrogen and oxygen atoms in total. The fourth-order valence-corrected chi connectivity index (χ4v) is 4.49. The van der Waals surface area contributed by atoms with Gasteiger partial charge in [0.05, 0.1) is 0 Å². The Labute approximate surface area is 185 Å². The quantitative estimate of drug-likeness (QED) is 0.325. The van der Waals surface area contributed by atoms with E-state index in [9.17, 15) is 0 Å². The van der Waals surface area contributed by atoms with Crippen molar-refractivity contribution in [1.82, 2.24) is 0 Å². The van der Waals surface area contributed by atoms with Gasteiger partial charge in [-0.15, -0.1) is 0 Å². The van der Waals surface area contributed by atoms with Gasteiger partial charge in [0.15, 0.2) is 0 Å². The molecule has 0 atom stereocenters. The minimum atomic E-state index is 0.366. The molecule has 0 unspecified atom stereocenters. The van der Waals surface area contributed by atoms with Crippen LogP contribution in [-0.2, 0) is 19.3 Å². The average Bonchev–Trinajstić information content (AvgIpc) is 2.67. The summed E-state index contributed by atoms with van der Waals surface area (Å²) in [7, 11) is 0. The van der Waals surface area contributed by atoms with E-state index >= 15 is 0 Å². The fourth-order valence-electron chi connectivity index (χ4n) is 4.04. The van der Waals surface area contributed by atoms with Crippen LogP contribution in [0.15, 0.2) is 77.3 Å². The zero-order chi connectivity index (χ0) is 20.8. The van der Waals surface area contributed by atoms with E-state index < -0.39 is 0 Å². The largest absolute Gasteiger partial charge is 0.0625 e. The highest BCUT2D eigenvalue weighted by Crippen LogP contribution is 2.30. The standard InChI is InChI=1S/C28H33Br/c1-20(2)16-22-8-12-25(13-9-22)28(19-24-6-5-7-27(29)18-24)26-14-10-23(11-15-26)17-21(3)4/h5-15,18,20-21,28H,16-17,19H2,1-4H3. The van der Waals surface area contributed by atoms with Gasteiger partial charge in [0.25, 0.3) is 0 Å². The second-order valence-corrected chi connectivity index (χ2v) is 9.98. The summed E-state index contributed by atoms with van der Waals surface area (Å²) in [6, 6.07) is 27.3. The Morgan fingerprint density at radius 3 is 1.48 bits per heavy atom. The van der Waals surface area contributed by atoms with Crippen molar-refractivity contribution in [3.05, 3.63) is 105 Å². The number of benzene rings is 3. The highest BCUT2D eigenvalue weighted by Gasteiger charge is 2.16. The molecule has 0 N–H and O–H groups in total. The molecule has 29 heavy (non-hydrogen) atoms. The third-order valence-electron chi connectivity index (χ3n) is 5.38. The number of halogens is 1. The molecule has 0 aliphatic carbocycles. The minimum Gasteiger partial charge on any atom is -0.0625 e. The van der Waals surface area contributed by atoms with Crippen LogP contribution in [0.4, 0.5) is 0 Å². The maximum Gasteiger partial charge on any atom is 0.0178 e. The summed E-state index contributed by atoms with van der Waals surface area (Å²) in [5.41, 5.74) is 7.01. The molecule has 0 aliphatic rings. The Hall–Kier alpha value is -1.86. The summed E-state index contributed by atoms with van der Waals surface area (Å²) >= 11 is 3.63. The van der Waals surface area contributed by atoms with Crippen molar-refractivity contribution < 1.29 is 0 Å². The molecular formula is C28H33Br. The second kappa shape index (κ2) is 10.3. The van der Waals surface area contributed by atoms with Gasteiger partial charge in [0.1, 0.15) is 0 Å². The molecular weight excluding hydrogens is 416 g/mol. The van der Waals surface area contributed by atoms with Gasteiger partial charge >= 0.3 is 0 Å². The summed E-state index contributed by atoms with van der Waals surface area (Å²) in [6.07, 6.45) is 3.29. The Bertz CT molecular complexity index is 835. The Kier molecular flexibility index (Phi) is 7.72. The molecule has 0 saturated carbocycles. The maximum atomic E-state index is 3.63. The van der Waals surface area contributed by atoms with E-state index in [1.807, 2.05) is 0 Å². The molecule has 1 heteroatoms. The molecule has 0 fully saturated rings. The highest BCUT2D eigenvalue weighted by molar-refractivity contribution is 9.10. The molecule has 0 bridgehead atoms. The van der Waals surface area contributed by atoms with Crippen molar-refractivity contribution in [3.63, 3.8) is 0 Å². The lowest BCUT2D eigenvalue weighted by atomic mass is 9.84. The van der Waals surface area contributed by atoms with Gasteiger partial charge in [-0.2, -0.15) is 0 Å². The lowest BCUT2D eigenvalue weighted by Crippen LogP contribution is -2.06. The maximum absolute atomic E-state index is 3.63. The van der Waals surface area contributed by atoms with E-state index in [1.54, 1.807) is 0 Å². The van der Waals surface area contributed by atoms with Crippen molar-refractivity contribution in [2.24, 2.45) is 11.8 Å². The molecule has 3 rings (SSSR count). The Morgan fingerprint density at radius 1 is 0.586 bits per heavy atom. The smallest absolute Gasteiger partial charge is 0.0178 e. The minimum absolute atomic E-state index is 0.366. The van der Waals surface area contributed by atoms with Crippen LogP contribution in [0.3, 0.4) is 0 Å².